The van der Waals surface area contributed by atoms with Crippen LogP contribution in [-0.4, -0.2) is 29.6 Å². The average Bonchev–Trinajstić information content (AvgIpc) is 2.87. The highest BCUT2D eigenvalue weighted by atomic mass is 32.2. The number of hydrogen-bond donors (Lipinski definition) is 0. The van der Waals surface area contributed by atoms with Gasteiger partial charge in [-0.2, -0.15) is 11.8 Å². The van der Waals surface area contributed by atoms with Gasteiger partial charge >= 0.3 is 0 Å². The Morgan fingerprint density at radius 2 is 1.92 bits per heavy atom. The van der Waals surface area contributed by atoms with Crippen molar-refractivity contribution < 1.29 is 9.18 Å². The first-order valence-electron chi connectivity index (χ1n) is 9.38. The van der Waals surface area contributed by atoms with E-state index in [0.29, 0.717) is 12.3 Å². The molecule has 1 aromatic rings. The second-order valence-corrected chi connectivity index (χ2v) is 8.40. The molecule has 0 radical (unpaired) electrons. The fraction of sp³-hybridized carbons (Fsp3) is 0.650. The molecule has 0 N–H and O–H groups in total. The van der Waals surface area contributed by atoms with Gasteiger partial charge in [0.25, 0.3) is 0 Å². The van der Waals surface area contributed by atoms with E-state index in [1.54, 1.807) is 17.8 Å². The van der Waals surface area contributed by atoms with Crippen LogP contribution < -0.4 is 0 Å². The summed E-state index contributed by atoms with van der Waals surface area (Å²) in [6.45, 7) is 1.56. The van der Waals surface area contributed by atoms with Gasteiger partial charge in [-0.05, 0) is 24.8 Å². The lowest BCUT2D eigenvalue weighted by Gasteiger charge is -2.24. The molecule has 1 unspecified atom stereocenters. The van der Waals surface area contributed by atoms with Crippen molar-refractivity contribution in [1.29, 1.82) is 0 Å². The van der Waals surface area contributed by atoms with Crippen LogP contribution in [0.3, 0.4) is 0 Å². The summed E-state index contributed by atoms with van der Waals surface area (Å²) in [5.41, 5.74) is 0.791. The van der Waals surface area contributed by atoms with E-state index in [-0.39, 0.29) is 11.1 Å². The molecule has 1 aliphatic carbocycles. The minimum Gasteiger partial charge on any atom is -0.342 e. The molecule has 24 heavy (non-hydrogen) atoms. The van der Waals surface area contributed by atoms with E-state index >= 15 is 0 Å². The third-order valence-electron chi connectivity index (χ3n) is 5.44. The van der Waals surface area contributed by atoms with Gasteiger partial charge in [0.05, 0.1) is 0 Å². The summed E-state index contributed by atoms with van der Waals surface area (Å²) in [6, 6.07) is 7.06. The summed E-state index contributed by atoms with van der Waals surface area (Å²) >= 11 is 1.78. The maximum atomic E-state index is 14.0. The Morgan fingerprint density at radius 1 is 1.12 bits per heavy atom. The molecule has 3 rings (SSSR count). The molecule has 2 nitrogen and oxygen atoms in total. The van der Waals surface area contributed by atoms with Gasteiger partial charge in [0.15, 0.2) is 0 Å². The van der Waals surface area contributed by atoms with Crippen molar-refractivity contribution >= 4 is 17.7 Å². The number of thioether (sulfide) groups is 1. The molecular weight excluding hydrogens is 321 g/mol. The fourth-order valence-corrected chi connectivity index (χ4v) is 5.22. The maximum absolute atomic E-state index is 14.0. The zero-order valence-corrected chi connectivity index (χ0v) is 15.2. The van der Waals surface area contributed by atoms with Crippen molar-refractivity contribution in [2.75, 3.05) is 18.8 Å². The summed E-state index contributed by atoms with van der Waals surface area (Å²) in [4.78, 5) is 14.6. The van der Waals surface area contributed by atoms with Gasteiger partial charge in [-0.25, -0.2) is 4.39 Å². The lowest BCUT2D eigenvalue weighted by atomic mass is 9.86. The molecule has 1 saturated heterocycles. The largest absolute Gasteiger partial charge is 0.342 e. The molecule has 0 bridgehead atoms. The number of amides is 1. The van der Waals surface area contributed by atoms with Crippen LogP contribution >= 0.6 is 11.8 Å². The quantitative estimate of drug-likeness (QED) is 0.745. The van der Waals surface area contributed by atoms with E-state index in [0.717, 1.165) is 43.2 Å². The molecule has 2 fully saturated rings. The topological polar surface area (TPSA) is 20.3 Å². The Hall–Kier alpha value is -1.03. The van der Waals surface area contributed by atoms with E-state index in [2.05, 4.69) is 0 Å². The van der Waals surface area contributed by atoms with Crippen LogP contribution in [0, 0.1) is 11.7 Å². The summed E-state index contributed by atoms with van der Waals surface area (Å²) in [7, 11) is 0. The molecule has 1 saturated carbocycles. The van der Waals surface area contributed by atoms with Crippen LogP contribution in [0.4, 0.5) is 4.39 Å². The van der Waals surface area contributed by atoms with Crippen molar-refractivity contribution in [2.45, 2.75) is 56.6 Å². The minimum atomic E-state index is -0.118. The highest BCUT2D eigenvalue weighted by Gasteiger charge is 2.24. The van der Waals surface area contributed by atoms with Crippen molar-refractivity contribution in [3.05, 3.63) is 35.6 Å². The van der Waals surface area contributed by atoms with E-state index in [1.807, 2.05) is 17.0 Å². The molecule has 1 atom stereocenters. The Balaban J connectivity index is 1.49. The van der Waals surface area contributed by atoms with E-state index < -0.39 is 0 Å². The Bertz CT molecular complexity index is 544. The number of halogens is 1. The monoisotopic (exact) mass is 349 g/mol. The number of carbonyl (C=O) groups is 1. The molecule has 1 amide bonds. The number of benzene rings is 1. The molecule has 0 aromatic heterocycles. The zero-order chi connectivity index (χ0) is 16.8. The molecule has 132 valence electrons. The summed E-state index contributed by atoms with van der Waals surface area (Å²) in [6.07, 6.45) is 9.24. The van der Waals surface area contributed by atoms with Gasteiger partial charge in [-0.1, -0.05) is 50.3 Å². The predicted molar refractivity (Wildman–Crippen MR) is 98.6 cm³/mol. The number of rotatable bonds is 4. The lowest BCUT2D eigenvalue weighted by molar-refractivity contribution is -0.131. The first kappa shape index (κ1) is 17.8. The van der Waals surface area contributed by atoms with Crippen LogP contribution in [-0.2, 0) is 4.79 Å². The van der Waals surface area contributed by atoms with E-state index in [1.165, 1.54) is 38.2 Å². The molecule has 1 heterocycles. The SMILES string of the molecule is O=C(CCC1CCCCC1)N1CCSC(c2ccccc2F)CC1. The molecule has 1 aliphatic heterocycles. The van der Waals surface area contributed by atoms with Gasteiger partial charge in [-0.15, -0.1) is 0 Å². The van der Waals surface area contributed by atoms with Crippen molar-refractivity contribution in [1.82, 2.24) is 4.90 Å². The van der Waals surface area contributed by atoms with Gasteiger partial charge in [-0.3, -0.25) is 4.79 Å². The van der Waals surface area contributed by atoms with Crippen LogP contribution in [0.25, 0.3) is 0 Å². The third kappa shape index (κ3) is 4.75. The van der Waals surface area contributed by atoms with Crippen LogP contribution in [0.5, 0.6) is 0 Å². The van der Waals surface area contributed by atoms with E-state index in [9.17, 15) is 9.18 Å². The molecule has 2 aliphatic rings. The van der Waals surface area contributed by atoms with Crippen LogP contribution in [0.15, 0.2) is 24.3 Å². The Kier molecular flexibility index (Phi) is 6.59. The standard InChI is InChI=1S/C20H28FNOS/c21-18-9-5-4-8-17(18)19-12-13-22(14-15-24-19)20(23)11-10-16-6-2-1-3-7-16/h4-5,8-9,16,19H,1-3,6-7,10-15H2. The number of nitrogens with zero attached hydrogens (tertiary/aromatic N) is 1. The minimum absolute atomic E-state index is 0.118. The molecular formula is C20H28FNOS. The van der Waals surface area contributed by atoms with Crippen LogP contribution in [0.1, 0.15) is 62.2 Å². The highest BCUT2D eigenvalue weighted by Crippen LogP contribution is 2.36. The summed E-state index contributed by atoms with van der Waals surface area (Å²) in [5.74, 6) is 1.84. The molecule has 4 heteroatoms. The van der Waals surface area contributed by atoms with Crippen molar-refractivity contribution in [3.8, 4) is 0 Å². The first-order chi connectivity index (χ1) is 11.7. The maximum Gasteiger partial charge on any atom is 0.222 e. The van der Waals surface area contributed by atoms with E-state index in [4.69, 9.17) is 0 Å². The van der Waals surface area contributed by atoms with Gasteiger partial charge in [0, 0.05) is 36.1 Å². The highest BCUT2D eigenvalue weighted by molar-refractivity contribution is 7.99. The second-order valence-electron chi connectivity index (χ2n) is 7.09. The van der Waals surface area contributed by atoms with Gasteiger partial charge in [0.1, 0.15) is 5.82 Å². The fourth-order valence-electron chi connectivity index (χ4n) is 3.97. The van der Waals surface area contributed by atoms with Gasteiger partial charge in [0.2, 0.25) is 5.91 Å². The smallest absolute Gasteiger partial charge is 0.222 e. The third-order valence-corrected chi connectivity index (χ3v) is 6.75. The summed E-state index contributed by atoms with van der Waals surface area (Å²) < 4.78 is 14.0. The predicted octanol–water partition coefficient (Wildman–Crippen LogP) is 5.19. The molecule has 0 spiro atoms. The lowest BCUT2D eigenvalue weighted by Crippen LogP contribution is -2.33. The Labute approximate surface area is 149 Å². The Morgan fingerprint density at radius 3 is 2.71 bits per heavy atom. The normalized spacial score (nSPS) is 23.0. The second kappa shape index (κ2) is 8.89. The first-order valence-corrected chi connectivity index (χ1v) is 10.4. The summed E-state index contributed by atoms with van der Waals surface area (Å²) in [5, 5.41) is 0.169. The number of hydrogen-bond acceptors (Lipinski definition) is 2. The zero-order valence-electron chi connectivity index (χ0n) is 14.4. The average molecular weight is 350 g/mol. The van der Waals surface area contributed by atoms with Crippen molar-refractivity contribution in [3.63, 3.8) is 0 Å². The van der Waals surface area contributed by atoms with Crippen molar-refractivity contribution in [2.24, 2.45) is 5.92 Å². The molecule has 1 aromatic carbocycles. The number of carbonyl (C=O) groups excluding carboxylic acids is 1. The van der Waals surface area contributed by atoms with Crippen LogP contribution in [0.2, 0.25) is 0 Å². The van der Waals surface area contributed by atoms with Gasteiger partial charge < -0.3 is 4.90 Å².